The normalized spacial score (nSPS) is 11.9. The van der Waals surface area contributed by atoms with Crippen LogP contribution in [0.15, 0.2) is 65.5 Å². The minimum Gasteiger partial charge on any atom is -0.493 e. The van der Waals surface area contributed by atoms with Gasteiger partial charge in [-0.3, -0.25) is 19.0 Å². The largest absolute Gasteiger partial charge is 0.493 e. The van der Waals surface area contributed by atoms with Crippen LogP contribution in [0.5, 0.6) is 11.5 Å². The minimum absolute atomic E-state index is 0.0174. The van der Waals surface area contributed by atoms with Crippen LogP contribution in [-0.4, -0.2) is 35.6 Å². The predicted molar refractivity (Wildman–Crippen MR) is 127 cm³/mol. The molecule has 4 aromatic rings. The fourth-order valence-electron chi connectivity index (χ4n) is 4.62. The van der Waals surface area contributed by atoms with Crippen molar-refractivity contribution in [1.29, 1.82) is 0 Å². The van der Waals surface area contributed by atoms with Gasteiger partial charge in [-0.05, 0) is 36.2 Å². The van der Waals surface area contributed by atoms with E-state index >= 15 is 0 Å². The molecular formula is C27H21NO6. The zero-order chi connectivity index (χ0) is 24.0. The molecule has 0 fully saturated rings. The molecule has 0 saturated carbocycles. The minimum atomic E-state index is -0.871. The van der Waals surface area contributed by atoms with Crippen molar-refractivity contribution in [2.24, 2.45) is 0 Å². The molecule has 1 aliphatic rings. The molecule has 0 amide bonds. The maximum absolute atomic E-state index is 14.0. The number of aryl methyl sites for hydroxylation is 1. The van der Waals surface area contributed by atoms with Crippen LogP contribution >= 0.6 is 0 Å². The van der Waals surface area contributed by atoms with E-state index < -0.39 is 5.97 Å². The van der Waals surface area contributed by atoms with E-state index in [1.807, 2.05) is 12.1 Å². The summed E-state index contributed by atoms with van der Waals surface area (Å²) in [5, 5.41) is 9.73. The smallest absolute Gasteiger partial charge is 0.303 e. The first-order valence-electron chi connectivity index (χ1n) is 10.7. The lowest BCUT2D eigenvalue weighted by Gasteiger charge is -2.18. The molecule has 170 valence electrons. The summed E-state index contributed by atoms with van der Waals surface area (Å²) in [6.45, 7) is 0. The van der Waals surface area contributed by atoms with Crippen molar-refractivity contribution in [2.45, 2.75) is 12.8 Å². The highest BCUT2D eigenvalue weighted by molar-refractivity contribution is 6.27. The summed E-state index contributed by atoms with van der Waals surface area (Å²) < 4.78 is 12.5. The van der Waals surface area contributed by atoms with Crippen LogP contribution in [0.1, 0.15) is 27.9 Å². The van der Waals surface area contributed by atoms with E-state index in [0.717, 1.165) is 5.56 Å². The van der Waals surface area contributed by atoms with E-state index in [2.05, 4.69) is 0 Å². The third-order valence-corrected chi connectivity index (χ3v) is 6.17. The summed E-state index contributed by atoms with van der Waals surface area (Å²) in [4.78, 5) is 38.4. The summed E-state index contributed by atoms with van der Waals surface area (Å²) in [6, 6.07) is 17.8. The molecule has 1 N–H and O–H groups in total. The molecule has 1 heterocycles. The Kier molecular flexibility index (Phi) is 5.17. The Labute approximate surface area is 194 Å². The average Bonchev–Trinajstić information content (AvgIpc) is 3.15. The third-order valence-electron chi connectivity index (χ3n) is 6.17. The zero-order valence-electron chi connectivity index (χ0n) is 18.6. The molecule has 3 aromatic carbocycles. The van der Waals surface area contributed by atoms with Crippen molar-refractivity contribution < 1.29 is 24.2 Å². The van der Waals surface area contributed by atoms with Crippen molar-refractivity contribution >= 4 is 22.5 Å². The van der Waals surface area contributed by atoms with Gasteiger partial charge in [-0.1, -0.05) is 36.4 Å². The molecule has 1 aliphatic carbocycles. The highest BCUT2D eigenvalue weighted by Gasteiger charge is 2.34. The van der Waals surface area contributed by atoms with Gasteiger partial charge in [0.15, 0.2) is 17.3 Å². The standard InChI is InChI=1S/C27H21NO6/c1-33-20-13-12-19-22-24(17-5-3-4-6-18(17)25(22)31)28(27(32)23(19)26(20)34-2)16-10-7-15(8-11-16)9-14-21(29)30/h3-8,10-13H,9,14H2,1-2H3,(H,29,30). The third kappa shape index (κ3) is 3.16. The van der Waals surface area contributed by atoms with Crippen molar-refractivity contribution in [2.75, 3.05) is 14.2 Å². The lowest BCUT2D eigenvalue weighted by atomic mass is 10.0. The number of hydrogen-bond acceptors (Lipinski definition) is 5. The number of aliphatic carboxylic acids is 1. The number of ether oxygens (including phenoxy) is 2. The first-order chi connectivity index (χ1) is 16.5. The van der Waals surface area contributed by atoms with E-state index in [-0.39, 0.29) is 28.9 Å². The van der Waals surface area contributed by atoms with Crippen molar-refractivity contribution in [3.8, 4) is 28.4 Å². The Morgan fingerprint density at radius 3 is 2.26 bits per heavy atom. The Morgan fingerprint density at radius 2 is 1.62 bits per heavy atom. The van der Waals surface area contributed by atoms with Crippen LogP contribution in [0, 0.1) is 0 Å². The molecule has 0 bridgehead atoms. The molecule has 0 saturated heterocycles. The number of hydrogen-bond donors (Lipinski definition) is 1. The summed E-state index contributed by atoms with van der Waals surface area (Å²) in [5.74, 6) is -0.368. The van der Waals surface area contributed by atoms with E-state index in [4.69, 9.17) is 14.6 Å². The summed E-state index contributed by atoms with van der Waals surface area (Å²) in [7, 11) is 2.95. The molecule has 7 nitrogen and oxygen atoms in total. The number of carbonyl (C=O) groups is 2. The number of fused-ring (bicyclic) bond motifs is 5. The average molecular weight is 455 g/mol. The highest BCUT2D eigenvalue weighted by atomic mass is 16.5. The second-order valence-electron chi connectivity index (χ2n) is 8.02. The molecule has 0 unspecified atom stereocenters. The van der Waals surface area contributed by atoms with Gasteiger partial charge in [0.1, 0.15) is 0 Å². The first-order valence-corrected chi connectivity index (χ1v) is 10.7. The van der Waals surface area contributed by atoms with Crippen molar-refractivity contribution in [3.05, 3.63) is 87.7 Å². The number of carbonyl (C=O) groups excluding carboxylic acids is 1. The Balaban J connectivity index is 1.85. The molecule has 0 aliphatic heterocycles. The predicted octanol–water partition coefficient (Wildman–Crippen LogP) is 4.24. The number of ketones is 1. The number of methoxy groups -OCH3 is 2. The Morgan fingerprint density at radius 1 is 0.912 bits per heavy atom. The van der Waals surface area contributed by atoms with Crippen molar-refractivity contribution in [3.63, 3.8) is 0 Å². The van der Waals surface area contributed by atoms with Gasteiger partial charge in [-0.2, -0.15) is 0 Å². The highest BCUT2D eigenvalue weighted by Crippen LogP contribution is 2.43. The maximum Gasteiger partial charge on any atom is 0.303 e. The maximum atomic E-state index is 14.0. The lowest BCUT2D eigenvalue weighted by molar-refractivity contribution is -0.136. The number of benzene rings is 3. The fourth-order valence-corrected chi connectivity index (χ4v) is 4.62. The SMILES string of the molecule is COc1ccc2c3c(n(-c4ccc(CCC(=O)O)cc4)c(=O)c2c1OC)-c1ccccc1C3=O. The summed E-state index contributed by atoms with van der Waals surface area (Å²) in [5.41, 5.74) is 3.25. The number of pyridine rings is 1. The van der Waals surface area contributed by atoms with Gasteiger partial charge in [0.2, 0.25) is 0 Å². The molecule has 0 radical (unpaired) electrons. The Bertz CT molecular complexity index is 1530. The summed E-state index contributed by atoms with van der Waals surface area (Å²) in [6.07, 6.45) is 0.399. The molecular weight excluding hydrogens is 434 g/mol. The van der Waals surface area contributed by atoms with E-state index in [1.165, 1.54) is 18.8 Å². The van der Waals surface area contributed by atoms with Gasteiger partial charge < -0.3 is 14.6 Å². The zero-order valence-corrected chi connectivity index (χ0v) is 18.6. The van der Waals surface area contributed by atoms with Crippen LogP contribution in [0.2, 0.25) is 0 Å². The molecule has 7 heteroatoms. The van der Waals surface area contributed by atoms with Crippen LogP contribution in [-0.2, 0) is 11.2 Å². The Hall–Kier alpha value is -4.39. The van der Waals surface area contributed by atoms with E-state index in [9.17, 15) is 14.4 Å². The molecule has 0 spiro atoms. The fraction of sp³-hybridized carbons (Fsp3) is 0.148. The van der Waals surface area contributed by atoms with E-state index in [1.54, 1.807) is 48.5 Å². The lowest BCUT2D eigenvalue weighted by Crippen LogP contribution is -2.22. The van der Waals surface area contributed by atoms with Gasteiger partial charge in [-0.15, -0.1) is 0 Å². The summed E-state index contributed by atoms with van der Waals surface area (Å²) >= 11 is 0. The quantitative estimate of drug-likeness (QED) is 0.412. The van der Waals surface area contributed by atoms with Crippen LogP contribution in [0.3, 0.4) is 0 Å². The number of aromatic nitrogens is 1. The molecule has 1 aromatic heterocycles. The van der Waals surface area contributed by atoms with Crippen LogP contribution in [0.25, 0.3) is 27.7 Å². The molecule has 5 rings (SSSR count). The van der Waals surface area contributed by atoms with Gasteiger partial charge in [0.05, 0.1) is 30.9 Å². The number of rotatable bonds is 6. The number of carboxylic acids is 1. The van der Waals surface area contributed by atoms with Crippen LogP contribution in [0.4, 0.5) is 0 Å². The van der Waals surface area contributed by atoms with Gasteiger partial charge in [0.25, 0.3) is 5.56 Å². The van der Waals surface area contributed by atoms with Crippen LogP contribution < -0.4 is 15.0 Å². The van der Waals surface area contributed by atoms with Crippen molar-refractivity contribution in [1.82, 2.24) is 4.57 Å². The van der Waals surface area contributed by atoms with E-state index in [0.29, 0.717) is 45.6 Å². The second kappa shape index (κ2) is 8.19. The van der Waals surface area contributed by atoms with Gasteiger partial charge >= 0.3 is 5.97 Å². The second-order valence-corrected chi connectivity index (χ2v) is 8.02. The first kappa shape index (κ1) is 21.5. The molecule has 0 atom stereocenters. The number of carboxylic acid groups (broad SMARTS) is 1. The van der Waals surface area contributed by atoms with Gasteiger partial charge in [0, 0.05) is 28.6 Å². The topological polar surface area (TPSA) is 94.8 Å². The monoisotopic (exact) mass is 455 g/mol. The molecule has 34 heavy (non-hydrogen) atoms. The number of nitrogens with zero attached hydrogens (tertiary/aromatic N) is 1. The van der Waals surface area contributed by atoms with Gasteiger partial charge in [-0.25, -0.2) is 0 Å².